The van der Waals surface area contributed by atoms with Gasteiger partial charge in [0.25, 0.3) is 0 Å². The van der Waals surface area contributed by atoms with Crippen LogP contribution in [0.1, 0.15) is 16.7 Å². The maximum Gasteiger partial charge on any atom is 0.248 e. The third kappa shape index (κ3) is 3.69. The predicted octanol–water partition coefficient (Wildman–Crippen LogP) is 4.27. The lowest BCUT2D eigenvalue weighted by molar-refractivity contribution is -0.111. The molecule has 0 bridgehead atoms. The minimum absolute atomic E-state index is 0.142. The Morgan fingerprint density at radius 2 is 2.00 bits per heavy atom. The summed E-state index contributed by atoms with van der Waals surface area (Å²) in [5.41, 5.74) is 5.08. The van der Waals surface area contributed by atoms with Crippen LogP contribution < -0.4 is 10.1 Å². The van der Waals surface area contributed by atoms with Crippen LogP contribution >= 0.6 is 0 Å². The van der Waals surface area contributed by atoms with Crippen LogP contribution in [0.25, 0.3) is 6.08 Å². The first-order valence-electron chi connectivity index (χ1n) is 7.60. The van der Waals surface area contributed by atoms with E-state index in [1.807, 2.05) is 62.4 Å². The molecule has 1 N–H and O–H groups in total. The number of hydrogen-bond acceptors (Lipinski definition) is 2. The Morgan fingerprint density at radius 1 is 1.17 bits per heavy atom. The van der Waals surface area contributed by atoms with Gasteiger partial charge in [0.15, 0.2) is 0 Å². The van der Waals surface area contributed by atoms with Gasteiger partial charge in [0, 0.05) is 17.3 Å². The minimum Gasteiger partial charge on any atom is -0.488 e. The van der Waals surface area contributed by atoms with Crippen molar-refractivity contribution in [3.63, 3.8) is 0 Å². The third-order valence-electron chi connectivity index (χ3n) is 3.74. The fourth-order valence-electron chi connectivity index (χ4n) is 2.54. The molecule has 0 atom stereocenters. The van der Waals surface area contributed by atoms with Gasteiger partial charge in [-0.15, -0.1) is 0 Å². The lowest BCUT2D eigenvalue weighted by Gasteiger charge is -2.15. The van der Waals surface area contributed by atoms with Crippen molar-refractivity contribution in [3.8, 4) is 5.75 Å². The van der Waals surface area contributed by atoms with Gasteiger partial charge < -0.3 is 10.1 Å². The highest BCUT2D eigenvalue weighted by Gasteiger charge is 2.09. The van der Waals surface area contributed by atoms with Gasteiger partial charge in [-0.2, -0.15) is 0 Å². The van der Waals surface area contributed by atoms with E-state index in [-0.39, 0.29) is 5.91 Å². The summed E-state index contributed by atoms with van der Waals surface area (Å²) in [6.45, 7) is 4.50. The van der Waals surface area contributed by atoms with Gasteiger partial charge >= 0.3 is 0 Å². The lowest BCUT2D eigenvalue weighted by atomic mass is 10.1. The van der Waals surface area contributed by atoms with E-state index >= 15 is 0 Å². The number of ether oxygens (including phenoxy) is 1. The van der Waals surface area contributed by atoms with E-state index in [9.17, 15) is 4.79 Å². The van der Waals surface area contributed by atoms with Crippen LogP contribution in [0.5, 0.6) is 5.75 Å². The summed E-state index contributed by atoms with van der Waals surface area (Å²) in [5.74, 6) is 0.737. The van der Waals surface area contributed by atoms with Crippen molar-refractivity contribution < 1.29 is 9.53 Å². The molecular weight excluding hydrogens is 286 g/mol. The number of anilines is 1. The lowest BCUT2D eigenvalue weighted by Crippen LogP contribution is -2.10. The quantitative estimate of drug-likeness (QED) is 0.860. The standard InChI is InChI=1S/C20H19NO2/c1-14-7-9-18(15(2)11-14)21-20(22)10-8-16-12-17-5-3-4-6-19(17)23-13-16/h3-12H,13H2,1-2H3,(H,21,22)/b10-8+. The molecule has 0 aliphatic carbocycles. The number of aryl methyl sites for hydroxylation is 2. The number of fused-ring (bicyclic) bond motifs is 1. The van der Waals surface area contributed by atoms with Gasteiger partial charge in [-0.3, -0.25) is 4.79 Å². The maximum absolute atomic E-state index is 12.1. The molecule has 0 aromatic heterocycles. The summed E-state index contributed by atoms with van der Waals surface area (Å²) in [4.78, 5) is 12.1. The summed E-state index contributed by atoms with van der Waals surface area (Å²) in [7, 11) is 0. The number of carbonyl (C=O) groups excluding carboxylic acids is 1. The van der Waals surface area contributed by atoms with Crippen molar-refractivity contribution in [2.45, 2.75) is 13.8 Å². The largest absolute Gasteiger partial charge is 0.488 e. The molecule has 0 fully saturated rings. The maximum atomic E-state index is 12.1. The van der Waals surface area contributed by atoms with Crippen LogP contribution in [0.4, 0.5) is 5.69 Å². The Bertz CT molecular complexity index is 803. The van der Waals surface area contributed by atoms with Crippen LogP contribution in [0.3, 0.4) is 0 Å². The number of amides is 1. The molecule has 1 amide bonds. The van der Waals surface area contributed by atoms with E-state index in [4.69, 9.17) is 4.74 Å². The molecule has 1 aliphatic heterocycles. The number of hydrogen-bond donors (Lipinski definition) is 1. The number of rotatable bonds is 3. The molecule has 0 spiro atoms. The van der Waals surface area contributed by atoms with Crippen LogP contribution in [-0.4, -0.2) is 12.5 Å². The third-order valence-corrected chi connectivity index (χ3v) is 3.74. The average molecular weight is 305 g/mol. The molecule has 0 saturated heterocycles. The van der Waals surface area contributed by atoms with Crippen molar-refractivity contribution in [3.05, 3.63) is 76.9 Å². The second kappa shape index (κ2) is 6.53. The summed E-state index contributed by atoms with van der Waals surface area (Å²) in [6.07, 6.45) is 5.39. The molecule has 2 aromatic carbocycles. The Balaban J connectivity index is 1.68. The zero-order chi connectivity index (χ0) is 16.2. The smallest absolute Gasteiger partial charge is 0.248 e. The highest BCUT2D eigenvalue weighted by Crippen LogP contribution is 2.26. The first-order chi connectivity index (χ1) is 11.1. The molecule has 1 heterocycles. The van der Waals surface area contributed by atoms with Crippen molar-refractivity contribution in [1.82, 2.24) is 0 Å². The Hall–Kier alpha value is -2.81. The van der Waals surface area contributed by atoms with E-state index < -0.39 is 0 Å². The van der Waals surface area contributed by atoms with Gasteiger partial charge in [0.1, 0.15) is 12.4 Å². The van der Waals surface area contributed by atoms with Crippen molar-refractivity contribution in [1.29, 1.82) is 0 Å². The Morgan fingerprint density at radius 3 is 2.83 bits per heavy atom. The van der Waals surface area contributed by atoms with Gasteiger partial charge in [0.2, 0.25) is 5.91 Å². The normalized spacial score (nSPS) is 13.2. The summed E-state index contributed by atoms with van der Waals surface area (Å²) in [5, 5.41) is 2.90. The van der Waals surface area contributed by atoms with E-state index in [2.05, 4.69) is 5.32 Å². The predicted molar refractivity (Wildman–Crippen MR) is 93.6 cm³/mol. The van der Waals surface area contributed by atoms with E-state index in [0.29, 0.717) is 6.61 Å². The van der Waals surface area contributed by atoms with Crippen LogP contribution in [0.2, 0.25) is 0 Å². The molecule has 3 rings (SSSR count). The van der Waals surface area contributed by atoms with Crippen molar-refractivity contribution in [2.75, 3.05) is 11.9 Å². The molecule has 2 aromatic rings. The summed E-state index contributed by atoms with van der Waals surface area (Å²) in [6, 6.07) is 13.8. The van der Waals surface area contributed by atoms with E-state index in [1.54, 1.807) is 12.2 Å². The van der Waals surface area contributed by atoms with E-state index in [1.165, 1.54) is 5.56 Å². The Labute approximate surface area is 136 Å². The first kappa shape index (κ1) is 15.1. The highest BCUT2D eigenvalue weighted by atomic mass is 16.5. The topological polar surface area (TPSA) is 38.3 Å². The second-order valence-electron chi connectivity index (χ2n) is 5.69. The van der Waals surface area contributed by atoms with Crippen molar-refractivity contribution in [2.24, 2.45) is 0 Å². The number of para-hydroxylation sites is 1. The zero-order valence-corrected chi connectivity index (χ0v) is 13.3. The molecule has 0 saturated carbocycles. The molecule has 3 heteroatoms. The molecular formula is C20H19NO2. The van der Waals surface area contributed by atoms with Gasteiger partial charge in [0.05, 0.1) is 0 Å². The summed E-state index contributed by atoms with van der Waals surface area (Å²) >= 11 is 0. The first-order valence-corrected chi connectivity index (χ1v) is 7.60. The van der Waals surface area contributed by atoms with Crippen molar-refractivity contribution >= 4 is 17.7 Å². The van der Waals surface area contributed by atoms with Gasteiger partial charge in [-0.25, -0.2) is 0 Å². The van der Waals surface area contributed by atoms with Crippen LogP contribution in [0.15, 0.2) is 60.2 Å². The fourth-order valence-corrected chi connectivity index (χ4v) is 2.54. The summed E-state index contributed by atoms with van der Waals surface area (Å²) < 4.78 is 5.67. The molecule has 116 valence electrons. The molecule has 1 aliphatic rings. The monoisotopic (exact) mass is 305 g/mol. The number of nitrogens with one attached hydrogen (secondary N) is 1. The minimum atomic E-state index is -0.142. The number of carbonyl (C=O) groups is 1. The second-order valence-corrected chi connectivity index (χ2v) is 5.69. The van der Waals surface area contributed by atoms with Gasteiger partial charge in [-0.1, -0.05) is 42.0 Å². The fraction of sp³-hybridized carbons (Fsp3) is 0.150. The zero-order valence-electron chi connectivity index (χ0n) is 13.3. The Kier molecular flexibility index (Phi) is 4.29. The molecule has 0 radical (unpaired) electrons. The van der Waals surface area contributed by atoms with E-state index in [0.717, 1.165) is 28.1 Å². The average Bonchev–Trinajstić information content (AvgIpc) is 2.55. The van der Waals surface area contributed by atoms with Crippen LogP contribution in [0, 0.1) is 13.8 Å². The molecule has 0 unspecified atom stereocenters. The molecule has 23 heavy (non-hydrogen) atoms. The highest BCUT2D eigenvalue weighted by molar-refractivity contribution is 6.00. The van der Waals surface area contributed by atoms with Crippen LogP contribution in [-0.2, 0) is 4.79 Å². The van der Waals surface area contributed by atoms with Gasteiger partial charge in [-0.05, 0) is 43.2 Å². The SMILES string of the molecule is Cc1ccc(NC(=O)/C=C/C2=Cc3ccccc3OC2)c(C)c1. The number of benzene rings is 2. The molecule has 3 nitrogen and oxygen atoms in total.